The van der Waals surface area contributed by atoms with E-state index >= 15 is 0 Å². The van der Waals surface area contributed by atoms with Gasteiger partial charge in [-0.3, -0.25) is 4.79 Å². The number of carbonyl (C=O) groups is 1. The van der Waals surface area contributed by atoms with Gasteiger partial charge in [0.15, 0.2) is 0 Å². The minimum atomic E-state index is -0.116. The topological polar surface area (TPSA) is 45.2 Å². The largest absolute Gasteiger partial charge is 0.351 e. The lowest BCUT2D eigenvalue weighted by Crippen LogP contribution is -2.31. The van der Waals surface area contributed by atoms with E-state index in [9.17, 15) is 4.79 Å². The number of hydrogen-bond acceptors (Lipinski definition) is 3. The Morgan fingerprint density at radius 3 is 2.75 bits per heavy atom. The molecule has 1 rings (SSSR count). The summed E-state index contributed by atoms with van der Waals surface area (Å²) in [6.07, 6.45) is 0. The first kappa shape index (κ1) is 12.9. The number of aryl methyl sites for hydroxylation is 1. The molecule has 4 nitrogen and oxygen atoms in total. The fourth-order valence-electron chi connectivity index (χ4n) is 1.25. The molecule has 1 aromatic heterocycles. The molecule has 0 spiro atoms. The van der Waals surface area contributed by atoms with Crippen molar-refractivity contribution in [1.82, 2.24) is 15.2 Å². The molecule has 0 saturated carbocycles. The summed E-state index contributed by atoms with van der Waals surface area (Å²) in [7, 11) is 3.92. The van der Waals surface area contributed by atoms with E-state index in [-0.39, 0.29) is 5.91 Å². The van der Waals surface area contributed by atoms with Crippen LogP contribution in [0.2, 0.25) is 5.15 Å². The van der Waals surface area contributed by atoms with Gasteiger partial charge in [0.1, 0.15) is 5.15 Å². The first-order valence-corrected chi connectivity index (χ1v) is 5.44. The van der Waals surface area contributed by atoms with Crippen molar-refractivity contribution in [3.05, 3.63) is 28.5 Å². The maximum atomic E-state index is 11.7. The Hall–Kier alpha value is -1.13. The molecule has 0 unspecified atom stereocenters. The monoisotopic (exact) mass is 241 g/mol. The first-order valence-electron chi connectivity index (χ1n) is 5.06. The van der Waals surface area contributed by atoms with Crippen molar-refractivity contribution in [3.63, 3.8) is 0 Å². The van der Waals surface area contributed by atoms with Gasteiger partial charge in [-0.15, -0.1) is 0 Å². The Kier molecular flexibility index (Phi) is 4.71. The highest BCUT2D eigenvalue weighted by molar-refractivity contribution is 6.29. The highest BCUT2D eigenvalue weighted by Crippen LogP contribution is 2.09. The molecule has 1 N–H and O–H groups in total. The summed E-state index contributed by atoms with van der Waals surface area (Å²) in [6, 6.07) is 3.29. The Bertz CT molecular complexity index is 359. The Morgan fingerprint density at radius 1 is 1.50 bits per heavy atom. The van der Waals surface area contributed by atoms with Crippen LogP contribution in [0.3, 0.4) is 0 Å². The van der Waals surface area contributed by atoms with Crippen molar-refractivity contribution >= 4 is 17.5 Å². The molecule has 5 heteroatoms. The van der Waals surface area contributed by atoms with Gasteiger partial charge in [0.25, 0.3) is 5.91 Å². The standard InChI is InChI=1S/C11H16ClN3O/c1-8-6-9(7-10(12)14-8)11(16)13-4-5-15(2)3/h6-7H,4-5H2,1-3H3,(H,13,16). The van der Waals surface area contributed by atoms with Crippen molar-refractivity contribution in [3.8, 4) is 0 Å². The molecule has 1 heterocycles. The second-order valence-electron chi connectivity index (χ2n) is 3.88. The Morgan fingerprint density at radius 2 is 2.19 bits per heavy atom. The molecule has 0 atom stereocenters. The third-order valence-electron chi connectivity index (χ3n) is 2.03. The number of rotatable bonds is 4. The number of hydrogen-bond donors (Lipinski definition) is 1. The van der Waals surface area contributed by atoms with E-state index in [1.54, 1.807) is 12.1 Å². The van der Waals surface area contributed by atoms with Crippen LogP contribution in [0.5, 0.6) is 0 Å². The molecule has 0 aliphatic rings. The van der Waals surface area contributed by atoms with Crippen molar-refractivity contribution < 1.29 is 4.79 Å². The van der Waals surface area contributed by atoms with E-state index in [4.69, 9.17) is 11.6 Å². The van der Waals surface area contributed by atoms with Crippen LogP contribution in [0.1, 0.15) is 16.1 Å². The van der Waals surface area contributed by atoms with E-state index in [1.807, 2.05) is 25.9 Å². The Balaban J connectivity index is 2.59. The fourth-order valence-corrected chi connectivity index (χ4v) is 1.51. The smallest absolute Gasteiger partial charge is 0.251 e. The van der Waals surface area contributed by atoms with Gasteiger partial charge < -0.3 is 10.2 Å². The summed E-state index contributed by atoms with van der Waals surface area (Å²) in [6.45, 7) is 3.23. The summed E-state index contributed by atoms with van der Waals surface area (Å²) >= 11 is 5.78. The fraction of sp³-hybridized carbons (Fsp3) is 0.455. The maximum absolute atomic E-state index is 11.7. The van der Waals surface area contributed by atoms with Gasteiger partial charge in [-0.25, -0.2) is 4.98 Å². The average molecular weight is 242 g/mol. The minimum Gasteiger partial charge on any atom is -0.351 e. The quantitative estimate of drug-likeness (QED) is 0.810. The molecule has 88 valence electrons. The second-order valence-corrected chi connectivity index (χ2v) is 4.27. The number of nitrogens with zero attached hydrogens (tertiary/aromatic N) is 2. The van der Waals surface area contributed by atoms with Crippen LogP contribution in [0.15, 0.2) is 12.1 Å². The maximum Gasteiger partial charge on any atom is 0.251 e. The van der Waals surface area contributed by atoms with Crippen molar-refractivity contribution in [1.29, 1.82) is 0 Å². The molecule has 0 bridgehead atoms. The summed E-state index contributed by atoms with van der Waals surface area (Å²) in [5, 5.41) is 3.16. The predicted molar refractivity (Wildman–Crippen MR) is 64.9 cm³/mol. The zero-order valence-corrected chi connectivity index (χ0v) is 10.5. The van der Waals surface area contributed by atoms with E-state index in [2.05, 4.69) is 10.3 Å². The average Bonchev–Trinajstić information content (AvgIpc) is 2.15. The molecule has 0 aliphatic heterocycles. The van der Waals surface area contributed by atoms with Gasteiger partial charge in [-0.05, 0) is 33.2 Å². The first-order chi connectivity index (χ1) is 7.49. The lowest BCUT2D eigenvalue weighted by atomic mass is 10.2. The molecular formula is C11H16ClN3O. The molecule has 0 fully saturated rings. The lowest BCUT2D eigenvalue weighted by Gasteiger charge is -2.10. The molecule has 1 aromatic rings. The normalized spacial score (nSPS) is 10.6. The number of nitrogens with one attached hydrogen (secondary N) is 1. The lowest BCUT2D eigenvalue weighted by molar-refractivity contribution is 0.0951. The number of halogens is 1. The van der Waals surface area contributed by atoms with Crippen LogP contribution in [0.25, 0.3) is 0 Å². The van der Waals surface area contributed by atoms with Crippen molar-refractivity contribution in [2.24, 2.45) is 0 Å². The summed E-state index contributed by atoms with van der Waals surface area (Å²) in [5.74, 6) is -0.116. The van der Waals surface area contributed by atoms with Gasteiger partial charge in [0, 0.05) is 24.3 Å². The van der Waals surface area contributed by atoms with Gasteiger partial charge in [0.05, 0.1) is 0 Å². The van der Waals surface area contributed by atoms with Crippen LogP contribution in [0, 0.1) is 6.92 Å². The van der Waals surface area contributed by atoms with Gasteiger partial charge in [-0.2, -0.15) is 0 Å². The summed E-state index contributed by atoms with van der Waals surface area (Å²) < 4.78 is 0. The SMILES string of the molecule is Cc1cc(C(=O)NCCN(C)C)cc(Cl)n1. The molecule has 16 heavy (non-hydrogen) atoms. The molecule has 1 amide bonds. The zero-order valence-electron chi connectivity index (χ0n) is 9.75. The number of likely N-dealkylation sites (N-methyl/N-ethyl adjacent to an activating group) is 1. The molecular weight excluding hydrogens is 226 g/mol. The summed E-state index contributed by atoms with van der Waals surface area (Å²) in [5.41, 5.74) is 1.29. The van der Waals surface area contributed by atoms with Crippen molar-refractivity contribution in [2.75, 3.05) is 27.2 Å². The minimum absolute atomic E-state index is 0.116. The van der Waals surface area contributed by atoms with E-state index in [0.717, 1.165) is 12.2 Å². The van der Waals surface area contributed by atoms with E-state index in [0.29, 0.717) is 17.3 Å². The third-order valence-corrected chi connectivity index (χ3v) is 2.22. The number of pyridine rings is 1. The van der Waals surface area contributed by atoms with Crippen molar-refractivity contribution in [2.45, 2.75) is 6.92 Å². The highest BCUT2D eigenvalue weighted by Gasteiger charge is 2.07. The van der Waals surface area contributed by atoms with Gasteiger partial charge in [0.2, 0.25) is 0 Å². The van der Waals surface area contributed by atoms with Crippen LogP contribution in [0.4, 0.5) is 0 Å². The molecule has 0 aliphatic carbocycles. The second kappa shape index (κ2) is 5.82. The zero-order chi connectivity index (χ0) is 12.1. The van der Waals surface area contributed by atoms with E-state index in [1.165, 1.54) is 0 Å². The summed E-state index contributed by atoms with van der Waals surface area (Å²) in [4.78, 5) is 17.7. The number of carbonyl (C=O) groups excluding carboxylic acids is 1. The van der Waals surface area contributed by atoms with E-state index < -0.39 is 0 Å². The van der Waals surface area contributed by atoms with Crippen LogP contribution >= 0.6 is 11.6 Å². The van der Waals surface area contributed by atoms with Gasteiger partial charge in [-0.1, -0.05) is 11.6 Å². The number of amides is 1. The van der Waals surface area contributed by atoms with Crippen LogP contribution < -0.4 is 5.32 Å². The van der Waals surface area contributed by atoms with Gasteiger partial charge >= 0.3 is 0 Å². The number of aromatic nitrogens is 1. The molecule has 0 saturated heterocycles. The molecule has 0 aromatic carbocycles. The predicted octanol–water partition coefficient (Wildman–Crippen LogP) is 1.33. The van der Waals surface area contributed by atoms with Crippen LogP contribution in [-0.2, 0) is 0 Å². The third kappa shape index (κ3) is 4.16. The van der Waals surface area contributed by atoms with Crippen LogP contribution in [-0.4, -0.2) is 43.0 Å². The molecule has 0 radical (unpaired) electrons. The Labute approximate surface area is 101 Å². The highest BCUT2D eigenvalue weighted by atomic mass is 35.5.